The van der Waals surface area contributed by atoms with Gasteiger partial charge in [-0.15, -0.1) is 24.0 Å². The summed E-state index contributed by atoms with van der Waals surface area (Å²) in [5.74, 6) is 1.96. The quantitative estimate of drug-likeness (QED) is 0.210. The molecular weight excluding hydrogens is 525 g/mol. The normalized spacial score (nSPS) is 13.4. The van der Waals surface area contributed by atoms with Crippen LogP contribution >= 0.6 is 35.3 Å². The van der Waals surface area contributed by atoms with Crippen LogP contribution in [0.3, 0.4) is 0 Å². The van der Waals surface area contributed by atoms with Crippen molar-refractivity contribution in [3.8, 4) is 11.5 Å². The van der Waals surface area contributed by atoms with Gasteiger partial charge in [0.25, 0.3) is 5.89 Å². The number of aryl methyl sites for hydroxylation is 1. The van der Waals surface area contributed by atoms with E-state index in [2.05, 4.69) is 37.9 Å². The number of nitrogens with zero attached hydrogens (tertiary/aromatic N) is 3. The van der Waals surface area contributed by atoms with E-state index >= 15 is 0 Å². The van der Waals surface area contributed by atoms with Crippen molar-refractivity contribution < 1.29 is 9.63 Å². The molecule has 0 aliphatic rings. The Labute approximate surface area is 204 Å². The Balaban J connectivity index is 0.00000341. The molecule has 0 aliphatic heterocycles. The highest BCUT2D eigenvalue weighted by atomic mass is 127. The third-order valence-corrected chi connectivity index (χ3v) is 5.41. The van der Waals surface area contributed by atoms with Crippen LogP contribution in [0.1, 0.15) is 37.7 Å². The van der Waals surface area contributed by atoms with Crippen molar-refractivity contribution in [2.45, 2.75) is 39.2 Å². The predicted molar refractivity (Wildman–Crippen MR) is 136 cm³/mol. The first-order chi connectivity index (χ1) is 14.5. The number of aliphatic imine (C=N–C) groups is 1. The topological polar surface area (TPSA) is 95.6 Å². The Morgan fingerprint density at radius 2 is 1.97 bits per heavy atom. The Bertz CT molecular complexity index is 939. The minimum Gasteiger partial charge on any atom is -0.383 e. The Morgan fingerprint density at radius 3 is 2.58 bits per heavy atom. The van der Waals surface area contributed by atoms with E-state index in [1.54, 1.807) is 18.3 Å². The minimum atomic E-state index is -0.982. The first-order valence-electron chi connectivity index (χ1n) is 10.2. The third kappa shape index (κ3) is 7.29. The average molecular weight is 555 g/mol. The second kappa shape index (κ2) is 12.2. The van der Waals surface area contributed by atoms with Crippen LogP contribution < -0.4 is 10.6 Å². The van der Waals surface area contributed by atoms with Gasteiger partial charge in [-0.1, -0.05) is 24.2 Å². The molecule has 0 spiro atoms. The smallest absolute Gasteiger partial charge is 0.257 e. The fourth-order valence-corrected chi connectivity index (χ4v) is 3.67. The lowest BCUT2D eigenvalue weighted by Crippen LogP contribution is -2.39. The molecule has 0 amide bonds. The molecular formula is C22H30IN5O2S. The number of rotatable bonds is 9. The molecule has 2 heterocycles. The highest BCUT2D eigenvalue weighted by molar-refractivity contribution is 14.0. The third-order valence-electron chi connectivity index (χ3n) is 4.72. The number of benzene rings is 1. The summed E-state index contributed by atoms with van der Waals surface area (Å²) in [6, 6.07) is 10.1. The second-order valence-electron chi connectivity index (χ2n) is 7.22. The van der Waals surface area contributed by atoms with E-state index in [1.165, 1.54) is 5.56 Å². The van der Waals surface area contributed by atoms with Crippen LogP contribution in [0, 0.1) is 0 Å². The summed E-state index contributed by atoms with van der Waals surface area (Å²) in [6.07, 6.45) is 1.60. The summed E-state index contributed by atoms with van der Waals surface area (Å²) in [5, 5.41) is 25.1. The van der Waals surface area contributed by atoms with Crippen LogP contribution in [0.5, 0.6) is 0 Å². The fraction of sp³-hybridized carbons (Fsp3) is 0.409. The van der Waals surface area contributed by atoms with Crippen LogP contribution in [0.4, 0.5) is 0 Å². The van der Waals surface area contributed by atoms with Gasteiger partial charge in [0, 0.05) is 25.1 Å². The molecule has 7 nitrogen and oxygen atoms in total. The molecule has 0 fully saturated rings. The van der Waals surface area contributed by atoms with Crippen molar-refractivity contribution in [3.05, 3.63) is 58.0 Å². The Hall–Kier alpha value is -1.98. The molecule has 0 aliphatic carbocycles. The minimum absolute atomic E-state index is 0. The largest absolute Gasteiger partial charge is 0.383 e. The van der Waals surface area contributed by atoms with E-state index in [0.717, 1.165) is 37.1 Å². The van der Waals surface area contributed by atoms with Gasteiger partial charge in [-0.3, -0.25) is 0 Å². The van der Waals surface area contributed by atoms with E-state index in [-0.39, 0.29) is 30.5 Å². The lowest BCUT2D eigenvalue weighted by molar-refractivity contribution is 0.0677. The monoisotopic (exact) mass is 555 g/mol. The summed E-state index contributed by atoms with van der Waals surface area (Å²) in [4.78, 5) is 8.92. The number of thiophene rings is 1. The number of aromatic nitrogens is 2. The zero-order chi connectivity index (χ0) is 21.4. The number of halogens is 1. The van der Waals surface area contributed by atoms with Gasteiger partial charge in [0.1, 0.15) is 5.60 Å². The molecule has 1 unspecified atom stereocenters. The average Bonchev–Trinajstić information content (AvgIpc) is 3.45. The number of hydrogen-bond donors (Lipinski definition) is 3. The summed E-state index contributed by atoms with van der Waals surface area (Å²) in [5.41, 5.74) is 2.02. The van der Waals surface area contributed by atoms with Crippen molar-refractivity contribution in [1.29, 1.82) is 0 Å². The summed E-state index contributed by atoms with van der Waals surface area (Å²) >= 11 is 1.57. The van der Waals surface area contributed by atoms with Gasteiger partial charge in [0.05, 0.1) is 6.54 Å². The zero-order valence-corrected chi connectivity index (χ0v) is 21.2. The van der Waals surface area contributed by atoms with Gasteiger partial charge >= 0.3 is 0 Å². The maximum Gasteiger partial charge on any atom is 0.257 e. The van der Waals surface area contributed by atoms with Crippen molar-refractivity contribution in [2.24, 2.45) is 4.99 Å². The van der Waals surface area contributed by atoms with Gasteiger partial charge in [-0.2, -0.15) is 16.3 Å². The van der Waals surface area contributed by atoms with Gasteiger partial charge in [-0.25, -0.2) is 4.99 Å². The van der Waals surface area contributed by atoms with E-state index in [4.69, 9.17) is 4.52 Å². The van der Waals surface area contributed by atoms with Gasteiger partial charge in [-0.05, 0) is 60.4 Å². The second-order valence-corrected chi connectivity index (χ2v) is 8.00. The first-order valence-corrected chi connectivity index (χ1v) is 11.1. The maximum absolute atomic E-state index is 10.7. The molecule has 3 aromatic rings. The molecule has 0 radical (unpaired) electrons. The van der Waals surface area contributed by atoms with Crippen molar-refractivity contribution in [1.82, 2.24) is 20.8 Å². The standard InChI is InChI=1S/C22H29N5O2S.HI/c1-4-19-26-20(29-27-19)17-8-6-16(7-9-17)10-12-24-21(23-5-2)25-15-22(3,28)18-11-13-30-14-18;/h6-9,11,13-14,28H,4-5,10,12,15H2,1-3H3,(H2,23,24,25);1H. The summed E-state index contributed by atoms with van der Waals surface area (Å²) in [6.45, 7) is 7.58. The van der Waals surface area contributed by atoms with Gasteiger partial charge < -0.3 is 20.3 Å². The molecule has 3 rings (SSSR count). The number of guanidine groups is 1. The van der Waals surface area contributed by atoms with Crippen molar-refractivity contribution >= 4 is 41.3 Å². The van der Waals surface area contributed by atoms with Crippen LogP contribution in [-0.2, 0) is 18.4 Å². The van der Waals surface area contributed by atoms with Gasteiger partial charge in [0.15, 0.2) is 11.8 Å². The van der Waals surface area contributed by atoms with E-state index in [0.29, 0.717) is 17.7 Å². The molecule has 1 aromatic carbocycles. The summed E-state index contributed by atoms with van der Waals surface area (Å²) in [7, 11) is 0. The molecule has 0 bridgehead atoms. The lowest BCUT2D eigenvalue weighted by Gasteiger charge is -2.21. The van der Waals surface area contributed by atoms with Crippen molar-refractivity contribution in [2.75, 3.05) is 19.6 Å². The van der Waals surface area contributed by atoms with Crippen LogP contribution in [-0.4, -0.2) is 40.8 Å². The Kier molecular flexibility index (Phi) is 9.92. The van der Waals surface area contributed by atoms with E-state index in [1.807, 2.05) is 42.8 Å². The molecule has 1 atom stereocenters. The molecule has 3 N–H and O–H groups in total. The van der Waals surface area contributed by atoms with Crippen LogP contribution in [0.15, 0.2) is 50.6 Å². The van der Waals surface area contributed by atoms with E-state index < -0.39 is 5.60 Å². The highest BCUT2D eigenvalue weighted by Gasteiger charge is 2.23. The number of aliphatic hydroxyl groups is 1. The number of hydrogen-bond acceptors (Lipinski definition) is 6. The van der Waals surface area contributed by atoms with E-state index in [9.17, 15) is 5.11 Å². The zero-order valence-electron chi connectivity index (χ0n) is 18.1. The van der Waals surface area contributed by atoms with Crippen molar-refractivity contribution in [3.63, 3.8) is 0 Å². The number of nitrogens with one attached hydrogen (secondary N) is 2. The van der Waals surface area contributed by atoms with Crippen LogP contribution in [0.25, 0.3) is 11.5 Å². The SMILES string of the molecule is CCNC(=NCC(C)(O)c1ccsc1)NCCc1ccc(-c2nc(CC)no2)cc1.I. The molecule has 2 aromatic heterocycles. The molecule has 9 heteroatoms. The molecule has 0 saturated heterocycles. The lowest BCUT2D eigenvalue weighted by atomic mass is 10.00. The highest BCUT2D eigenvalue weighted by Crippen LogP contribution is 2.23. The molecule has 168 valence electrons. The van der Waals surface area contributed by atoms with Crippen LogP contribution in [0.2, 0.25) is 0 Å². The Morgan fingerprint density at radius 1 is 1.19 bits per heavy atom. The first kappa shape index (κ1) is 25.3. The predicted octanol–water partition coefficient (Wildman–Crippen LogP) is 3.98. The van der Waals surface area contributed by atoms with Gasteiger partial charge in [0.2, 0.25) is 0 Å². The molecule has 31 heavy (non-hydrogen) atoms. The summed E-state index contributed by atoms with van der Waals surface area (Å²) < 4.78 is 5.28. The fourth-order valence-electron chi connectivity index (χ4n) is 2.89. The maximum atomic E-state index is 10.7. The molecule has 0 saturated carbocycles.